The van der Waals surface area contributed by atoms with Crippen molar-refractivity contribution < 1.29 is 14.3 Å². The van der Waals surface area contributed by atoms with Crippen LogP contribution >= 0.6 is 0 Å². The van der Waals surface area contributed by atoms with E-state index in [0.29, 0.717) is 25.1 Å². The molecule has 0 spiro atoms. The minimum atomic E-state index is -0.660. The number of nitriles is 2. The van der Waals surface area contributed by atoms with E-state index in [1.165, 1.54) is 0 Å². The second-order valence-electron chi connectivity index (χ2n) is 7.45. The first-order valence-electron chi connectivity index (χ1n) is 10.3. The first-order chi connectivity index (χ1) is 15.1. The number of ether oxygens (including phenoxy) is 2. The Labute approximate surface area is 182 Å². The molecule has 2 aromatic carbocycles. The summed E-state index contributed by atoms with van der Waals surface area (Å²) in [6.07, 6.45) is 0.512. The summed E-state index contributed by atoms with van der Waals surface area (Å²) in [5.41, 5.74) is 3.60. The molecule has 3 unspecified atom stereocenters. The predicted molar refractivity (Wildman–Crippen MR) is 116 cm³/mol. The van der Waals surface area contributed by atoms with Crippen molar-refractivity contribution in [2.45, 2.75) is 31.1 Å². The van der Waals surface area contributed by atoms with Gasteiger partial charge in [0, 0.05) is 20.1 Å². The summed E-state index contributed by atoms with van der Waals surface area (Å²) in [7, 11) is 1.63. The second kappa shape index (κ2) is 11.2. The lowest BCUT2D eigenvalue weighted by Gasteiger charge is -2.25. The van der Waals surface area contributed by atoms with Crippen LogP contribution in [0.4, 0.5) is 0 Å². The van der Waals surface area contributed by atoms with Crippen molar-refractivity contribution in [1.29, 1.82) is 10.5 Å². The van der Waals surface area contributed by atoms with Crippen molar-refractivity contribution in [3.05, 3.63) is 59.7 Å². The summed E-state index contributed by atoms with van der Waals surface area (Å²) >= 11 is 0. The number of hydrogen-bond donors (Lipinski definition) is 2. The third kappa shape index (κ3) is 6.37. The van der Waals surface area contributed by atoms with Gasteiger partial charge in [0.05, 0.1) is 30.4 Å². The lowest BCUT2D eigenvalue weighted by atomic mass is 10.00. The Balaban J connectivity index is 1.58. The summed E-state index contributed by atoms with van der Waals surface area (Å²) in [5.74, 6) is -0.301. The maximum atomic E-state index is 12.6. The molecule has 2 aromatic rings. The number of nitrogens with one attached hydrogen (secondary N) is 2. The monoisotopic (exact) mass is 418 g/mol. The van der Waals surface area contributed by atoms with E-state index in [-0.39, 0.29) is 12.0 Å². The number of rotatable bonds is 6. The number of carbonyl (C=O) groups is 1. The highest BCUT2D eigenvalue weighted by Crippen LogP contribution is 2.20. The molecule has 7 nitrogen and oxygen atoms in total. The van der Waals surface area contributed by atoms with Crippen LogP contribution in [-0.4, -0.2) is 51.0 Å². The molecule has 1 aliphatic heterocycles. The topological polar surface area (TPSA) is 107 Å². The van der Waals surface area contributed by atoms with E-state index >= 15 is 0 Å². The molecule has 31 heavy (non-hydrogen) atoms. The Morgan fingerprint density at radius 2 is 1.87 bits per heavy atom. The molecule has 0 saturated carbocycles. The Morgan fingerprint density at radius 3 is 2.48 bits per heavy atom. The Kier molecular flexibility index (Phi) is 8.14. The predicted octanol–water partition coefficient (Wildman–Crippen LogP) is 2.17. The number of amides is 1. The standard InChI is InChI=1S/C24H26N4O3/c1-30-22-10-11-27-15-23(31-16-22)24(29)28-21(14-26)12-17-2-6-19(7-3-17)20-8-4-18(13-25)5-9-20/h2-9,21-23,27H,10-12,15-16H2,1H3,(H,28,29). The van der Waals surface area contributed by atoms with E-state index in [4.69, 9.17) is 14.7 Å². The second-order valence-corrected chi connectivity index (χ2v) is 7.45. The molecule has 7 heteroatoms. The van der Waals surface area contributed by atoms with Crippen molar-refractivity contribution in [1.82, 2.24) is 10.6 Å². The van der Waals surface area contributed by atoms with E-state index in [1.54, 1.807) is 19.2 Å². The minimum Gasteiger partial charge on any atom is -0.379 e. The molecule has 3 rings (SSSR count). The number of carbonyl (C=O) groups excluding carboxylic acids is 1. The molecular weight excluding hydrogens is 392 g/mol. The molecule has 1 heterocycles. The molecule has 2 N–H and O–H groups in total. The van der Waals surface area contributed by atoms with E-state index in [2.05, 4.69) is 22.8 Å². The highest BCUT2D eigenvalue weighted by atomic mass is 16.5. The molecule has 3 atom stereocenters. The molecule has 1 amide bonds. The summed E-state index contributed by atoms with van der Waals surface area (Å²) in [4.78, 5) is 12.6. The highest BCUT2D eigenvalue weighted by Gasteiger charge is 2.25. The average Bonchev–Trinajstić information content (AvgIpc) is 2.79. The van der Waals surface area contributed by atoms with Gasteiger partial charge in [-0.2, -0.15) is 10.5 Å². The van der Waals surface area contributed by atoms with Crippen molar-refractivity contribution >= 4 is 5.91 Å². The third-order valence-electron chi connectivity index (χ3n) is 5.30. The fraction of sp³-hybridized carbons (Fsp3) is 0.375. The van der Waals surface area contributed by atoms with Crippen LogP contribution in [0, 0.1) is 22.7 Å². The summed E-state index contributed by atoms with van der Waals surface area (Å²) < 4.78 is 11.0. The number of methoxy groups -OCH3 is 1. The zero-order valence-corrected chi connectivity index (χ0v) is 17.5. The van der Waals surface area contributed by atoms with Gasteiger partial charge in [-0.15, -0.1) is 0 Å². The SMILES string of the molecule is COC1CCNCC(C(=O)NC(C#N)Cc2ccc(-c3ccc(C#N)cc3)cc2)OC1. The number of hydrogen-bond acceptors (Lipinski definition) is 6. The lowest BCUT2D eigenvalue weighted by Crippen LogP contribution is -2.49. The maximum Gasteiger partial charge on any atom is 0.251 e. The van der Waals surface area contributed by atoms with Gasteiger partial charge >= 0.3 is 0 Å². The van der Waals surface area contributed by atoms with Crippen LogP contribution in [0.15, 0.2) is 48.5 Å². The first-order valence-corrected chi connectivity index (χ1v) is 10.3. The number of nitrogens with zero attached hydrogens (tertiary/aromatic N) is 2. The maximum absolute atomic E-state index is 12.6. The minimum absolute atomic E-state index is 0.0514. The van der Waals surface area contributed by atoms with Crippen LogP contribution in [0.1, 0.15) is 17.5 Å². The summed E-state index contributed by atoms with van der Waals surface area (Å²) in [6.45, 7) is 1.50. The van der Waals surface area contributed by atoms with Crippen LogP contribution in [0.25, 0.3) is 11.1 Å². The molecule has 0 aromatic heterocycles. The third-order valence-corrected chi connectivity index (χ3v) is 5.30. The molecule has 0 aliphatic carbocycles. The fourth-order valence-electron chi connectivity index (χ4n) is 3.42. The van der Waals surface area contributed by atoms with Crippen LogP contribution in [-0.2, 0) is 20.7 Å². The van der Waals surface area contributed by atoms with Gasteiger partial charge in [0.25, 0.3) is 5.91 Å². The average molecular weight is 418 g/mol. The molecule has 1 saturated heterocycles. The quantitative estimate of drug-likeness (QED) is 0.745. The van der Waals surface area contributed by atoms with Gasteiger partial charge in [0.1, 0.15) is 12.1 Å². The van der Waals surface area contributed by atoms with Crippen LogP contribution in [0.2, 0.25) is 0 Å². The molecule has 0 radical (unpaired) electrons. The highest BCUT2D eigenvalue weighted by molar-refractivity contribution is 5.81. The summed E-state index contributed by atoms with van der Waals surface area (Å²) in [6, 6.07) is 18.8. The van der Waals surface area contributed by atoms with Crippen molar-refractivity contribution in [2.75, 3.05) is 26.8 Å². The van der Waals surface area contributed by atoms with E-state index in [9.17, 15) is 10.1 Å². The molecule has 1 fully saturated rings. The Morgan fingerprint density at radius 1 is 1.19 bits per heavy atom. The zero-order chi connectivity index (χ0) is 22.1. The zero-order valence-electron chi connectivity index (χ0n) is 17.5. The van der Waals surface area contributed by atoms with Gasteiger partial charge in [-0.25, -0.2) is 0 Å². The van der Waals surface area contributed by atoms with E-state index in [0.717, 1.165) is 29.7 Å². The largest absolute Gasteiger partial charge is 0.379 e. The molecular formula is C24H26N4O3. The van der Waals surface area contributed by atoms with Gasteiger partial charge in [-0.3, -0.25) is 4.79 Å². The van der Waals surface area contributed by atoms with E-state index in [1.807, 2.05) is 36.4 Å². The Bertz CT molecular complexity index is 945. The van der Waals surface area contributed by atoms with Crippen LogP contribution < -0.4 is 10.6 Å². The summed E-state index contributed by atoms with van der Waals surface area (Å²) in [5, 5.41) is 24.4. The van der Waals surface area contributed by atoms with Crippen molar-refractivity contribution in [3.63, 3.8) is 0 Å². The van der Waals surface area contributed by atoms with Gasteiger partial charge < -0.3 is 20.1 Å². The van der Waals surface area contributed by atoms with E-state index < -0.39 is 12.1 Å². The van der Waals surface area contributed by atoms with Crippen LogP contribution in [0.3, 0.4) is 0 Å². The van der Waals surface area contributed by atoms with Gasteiger partial charge in [-0.05, 0) is 41.8 Å². The number of benzene rings is 2. The van der Waals surface area contributed by atoms with Crippen molar-refractivity contribution in [2.24, 2.45) is 0 Å². The first kappa shape index (κ1) is 22.5. The molecule has 1 aliphatic rings. The Hall–Kier alpha value is -3.23. The van der Waals surface area contributed by atoms with Gasteiger partial charge in [0.2, 0.25) is 0 Å². The van der Waals surface area contributed by atoms with Crippen molar-refractivity contribution in [3.8, 4) is 23.3 Å². The smallest absolute Gasteiger partial charge is 0.251 e. The van der Waals surface area contributed by atoms with Gasteiger partial charge in [0.15, 0.2) is 0 Å². The molecule has 0 bridgehead atoms. The lowest BCUT2D eigenvalue weighted by molar-refractivity contribution is -0.136. The fourth-order valence-corrected chi connectivity index (χ4v) is 3.42. The normalized spacial score (nSPS) is 19.8. The van der Waals surface area contributed by atoms with Crippen LogP contribution in [0.5, 0.6) is 0 Å². The van der Waals surface area contributed by atoms with Gasteiger partial charge in [-0.1, -0.05) is 36.4 Å². The molecule has 160 valence electrons.